The molecule has 2 aliphatic heterocycles. The molecule has 0 spiro atoms. The van der Waals surface area contributed by atoms with E-state index in [1.54, 1.807) is 72.0 Å². The summed E-state index contributed by atoms with van der Waals surface area (Å²) in [6.07, 6.45) is 5.58. The zero-order valence-electron chi connectivity index (χ0n) is 57.0. The van der Waals surface area contributed by atoms with Gasteiger partial charge in [0, 0.05) is 60.8 Å². The largest absolute Gasteiger partial charge is 0.0622 e. The average Bonchev–Trinajstić information content (AvgIpc) is 1.62. The maximum Gasteiger partial charge on any atom is -0.0134 e. The van der Waals surface area contributed by atoms with E-state index in [0.717, 1.165) is 15.7 Å². The molecule has 0 saturated carbocycles. The van der Waals surface area contributed by atoms with Crippen molar-refractivity contribution in [2.24, 2.45) is 0 Å². The van der Waals surface area contributed by atoms with E-state index >= 15 is 0 Å². The Morgan fingerprint density at radius 1 is 0.514 bits per heavy atom. The molecule has 540 valence electrons. The van der Waals surface area contributed by atoms with Crippen molar-refractivity contribution in [2.45, 2.75) is 44.7 Å². The summed E-state index contributed by atoms with van der Waals surface area (Å²) in [5.74, 6) is 5.81. The molecule has 2 fully saturated rings. The van der Waals surface area contributed by atoms with Gasteiger partial charge in [-0.3, -0.25) is 9.59 Å². The number of ether oxygens (including phenoxy) is 2. The molecule has 2 aliphatic rings. The van der Waals surface area contributed by atoms with E-state index in [0.29, 0.717) is 58.2 Å². The topological polar surface area (TPSA) is 210 Å². The predicted molar refractivity (Wildman–Crippen MR) is 423 cm³/mol. The van der Waals surface area contributed by atoms with Gasteiger partial charge in [0.2, 0.25) is 11.2 Å². The smallest absolute Gasteiger partial charge is 0.0134 e. The summed E-state index contributed by atoms with van der Waals surface area (Å²) in [5.41, 5.74) is 2.02. The van der Waals surface area contributed by atoms with Gasteiger partial charge in [0.25, 0.3) is 11.8 Å². The van der Waals surface area contributed by atoms with Gasteiger partial charge in [0.05, 0.1) is 49.8 Å². The van der Waals surface area contributed by atoms with Gasteiger partial charge in [-0.1, -0.05) is 247 Å². The maximum absolute atomic E-state index is 12.2. The number of nitrogens with zero attached hydrogens (tertiary/aromatic N) is 6. The van der Waals surface area contributed by atoms with Crippen LogP contribution in [0, 0.1) is 24.2 Å². The number of benzene rings is 10. The average molecular weight is 1640 g/mol. The molecule has 4 N–H and O–H groups in total. The van der Waals surface area contributed by atoms with Crippen molar-refractivity contribution in [3.05, 3.63) is 299 Å². The molecule has 0 bridgehead atoms. The predicted octanol–water partition coefficient (Wildman–Crippen LogP) is 12.4. The first-order valence-corrected chi connectivity index (χ1v) is 39.9. The summed E-state index contributed by atoms with van der Waals surface area (Å²) in [6.45, 7) is 0.733. The number of terminal acetylenes is 1. The zero-order chi connectivity index (χ0) is 74.2. The van der Waals surface area contributed by atoms with Crippen LogP contribution in [-0.4, -0.2) is 126 Å². The number of amides is 2. The third-order valence-corrected chi connectivity index (χ3v) is 21.9. The number of hydrogen-bond donors (Lipinski definition) is 4. The molecule has 4 heterocycles. The van der Waals surface area contributed by atoms with Gasteiger partial charge in [-0.2, -0.15) is 10.2 Å². The molecule has 14 rings (SSSR count). The van der Waals surface area contributed by atoms with E-state index in [4.69, 9.17) is 35.0 Å². The van der Waals surface area contributed by atoms with E-state index in [-0.39, 0.29) is 60.3 Å². The minimum atomic E-state index is -1.68. The van der Waals surface area contributed by atoms with E-state index in [9.17, 15) is 39.6 Å². The number of halogens is 3. The molecule has 2 saturated heterocycles. The molecule has 22 heteroatoms. The molecule has 2 atom stereocenters. The van der Waals surface area contributed by atoms with Crippen LogP contribution in [0.4, 0.5) is 0 Å². The van der Waals surface area contributed by atoms with Gasteiger partial charge in [0.15, 0.2) is 11.4 Å². The number of aliphatic hydroxyl groups excluding tert-OH is 2. The molecule has 16 nitrogen and oxygen atoms in total. The number of carbonyl (C=O) groups is 4. The number of likely N-dealkylation sites (tertiary alicyclic amines) is 2. The summed E-state index contributed by atoms with van der Waals surface area (Å²) in [6, 6.07) is 90.0. The van der Waals surface area contributed by atoms with Crippen molar-refractivity contribution in [3.8, 4) is 35.6 Å². The van der Waals surface area contributed by atoms with Crippen LogP contribution in [0.1, 0.15) is 57.9 Å². The number of methoxy groups -OCH3 is 2. The maximum atomic E-state index is 12.2. The number of likely N-dealkylation sites (N-methyl/N-ethyl adjacent to an activating group) is 2. The second kappa shape index (κ2) is 39.6. The van der Waals surface area contributed by atoms with Gasteiger partial charge in [-0.25, -0.2) is 19.0 Å². The molecule has 0 aliphatic carbocycles. The first-order chi connectivity index (χ1) is 50.4. The minimum absolute atomic E-state index is 0. The van der Waals surface area contributed by atoms with Crippen LogP contribution in [0.25, 0.3) is 33.2 Å². The molecule has 2 amide bonds. The number of hydrogen-bond acceptors (Lipinski definition) is 12. The van der Waals surface area contributed by atoms with Crippen molar-refractivity contribution in [1.82, 2.24) is 29.4 Å². The molecule has 2 aromatic heterocycles. The van der Waals surface area contributed by atoms with Crippen LogP contribution in [-0.2, 0) is 48.2 Å². The summed E-state index contributed by atoms with van der Waals surface area (Å²) in [5, 5.41) is 57.0. The van der Waals surface area contributed by atoms with E-state index < -0.39 is 44.9 Å². The van der Waals surface area contributed by atoms with Crippen LogP contribution in [0.5, 0.6) is 0 Å². The van der Waals surface area contributed by atoms with Crippen molar-refractivity contribution in [2.75, 3.05) is 41.4 Å². The van der Waals surface area contributed by atoms with Crippen molar-refractivity contribution >= 4 is 128 Å². The third-order valence-electron chi connectivity index (χ3n) is 16.5. The summed E-state index contributed by atoms with van der Waals surface area (Å²) in [7, 11) is 14.6. The van der Waals surface area contributed by atoms with E-state index in [1.165, 1.54) is 55.8 Å². The first-order valence-electron chi connectivity index (χ1n) is 32.4. The Balaban J connectivity index is 0.000000169. The van der Waals surface area contributed by atoms with Crippen LogP contribution >= 0.6 is 50.8 Å². The van der Waals surface area contributed by atoms with Crippen LogP contribution < -0.4 is 31.8 Å². The van der Waals surface area contributed by atoms with E-state index in [2.05, 4.69) is 226 Å². The van der Waals surface area contributed by atoms with Gasteiger partial charge in [-0.15, -0.1) is 6.42 Å². The molecule has 10 aromatic carbocycles. The SMILES string of the molecule is C.C#C[C@]1(O)CCN(C)C1=O.COC(=O)c1nn(-c2cccc(Br)c2)c2ccc(CO)cc12.COC(=O)c1nn(-c2cccc(C#C[C@]3(O)CCN(C)C3=O)c2)c2ccc(CO)cc12.[Cl][Pd][Cl].c1ccc(P(c2ccccc2)c2ccccc2)cc1.c1ccc(P(c2ccccc2)c2ccccc2)cc1. The Bertz CT molecular complexity index is 4670. The first kappa shape index (κ1) is 81.2. The summed E-state index contributed by atoms with van der Waals surface area (Å²) < 4.78 is 13.9. The standard InChI is InChI=1S/C23H21N3O5.2C18H15P.C16H13BrN2O3.C7H9NO2.CH4.2ClH.Pd/c1-25-11-10-23(30,22(25)29)9-8-15-4-3-5-17(12-15)26-19-7-6-16(14-27)13-18(19)20(24-26)21(28)31-2;2*1-4-10-16(11-5-1)19(17-12-6-2-7-13-17)18-14-8-3-9-15-18;1-22-16(21)15-13-7-10(9-20)5-6-14(13)19(18-15)12-4-2-3-11(17)8-12;1-3-7(10)4-5-8(2)6(7)9;;;;/h3-7,12-13,27,30H,10-11,14H2,1-2H3;2*1-15H;2-8,20H,9H2,1H3;1,10H,4-5H2,2H3;1H4;2*1H;/q;;;;;;;;+2/p-2/t23-;;;;7-;;;;/m0...0..../s1. The number of esters is 2. The number of rotatable bonds is 12. The van der Waals surface area contributed by atoms with E-state index in [1.807, 2.05) is 36.4 Å². The summed E-state index contributed by atoms with van der Waals surface area (Å²) >= 11 is 3.32. The molecular formula is C83H77BrCl2N6O10P2Pd. The van der Waals surface area contributed by atoms with Crippen LogP contribution in [0.15, 0.2) is 271 Å². The number of fused-ring (bicyclic) bond motifs is 2. The summed E-state index contributed by atoms with van der Waals surface area (Å²) in [4.78, 5) is 50.2. The Labute approximate surface area is 638 Å². The monoisotopic (exact) mass is 1630 g/mol. The van der Waals surface area contributed by atoms with Crippen molar-refractivity contribution < 1.29 is 65.0 Å². The normalized spacial score (nSPS) is 14.8. The van der Waals surface area contributed by atoms with Crippen molar-refractivity contribution in [1.29, 1.82) is 0 Å². The fraction of sp³-hybridized carbons (Fsp3) is 0.157. The molecule has 0 radical (unpaired) electrons. The second-order valence-corrected chi connectivity index (χ2v) is 31.1. The Kier molecular flexibility index (Phi) is 30.6. The molecule has 105 heavy (non-hydrogen) atoms. The Morgan fingerprint density at radius 2 is 0.848 bits per heavy atom. The van der Waals surface area contributed by atoms with Gasteiger partial charge < -0.3 is 39.7 Å². The molecular weight excluding hydrogens is 1560 g/mol. The zero-order valence-corrected chi connectivity index (χ0v) is 63.4. The fourth-order valence-electron chi connectivity index (χ4n) is 11.2. The van der Waals surface area contributed by atoms with Gasteiger partial charge in [-0.05, 0) is 119 Å². The number of aromatic nitrogens is 4. The number of aliphatic hydroxyl groups is 4. The third kappa shape index (κ3) is 20.8. The van der Waals surface area contributed by atoms with Crippen LogP contribution in [0.2, 0.25) is 0 Å². The second-order valence-electron chi connectivity index (χ2n) is 23.4. The quantitative estimate of drug-likeness (QED) is 0.0390. The number of carbonyl (C=O) groups excluding carboxylic acids is 4. The Hall–Kier alpha value is -9.44. The fourth-order valence-corrected chi connectivity index (χ4v) is 16.2. The molecule has 0 unspecified atom stereocenters. The van der Waals surface area contributed by atoms with Gasteiger partial charge >= 0.3 is 46.9 Å². The van der Waals surface area contributed by atoms with Gasteiger partial charge in [0.1, 0.15) is 0 Å². The Morgan fingerprint density at radius 3 is 1.14 bits per heavy atom. The minimum Gasteiger partial charge on any atom is -0.0622 e. The van der Waals surface area contributed by atoms with Crippen molar-refractivity contribution in [3.63, 3.8) is 0 Å². The molecule has 12 aromatic rings. The van der Waals surface area contributed by atoms with Crippen LogP contribution in [0.3, 0.4) is 0 Å².